The average molecular weight is 468 g/mol. The number of fused-ring (bicyclic) bond motifs is 3. The van der Waals surface area contributed by atoms with Crippen molar-refractivity contribution in [2.75, 3.05) is 5.32 Å². The van der Waals surface area contributed by atoms with Gasteiger partial charge in [0.15, 0.2) is 5.16 Å². The number of amides is 1. The van der Waals surface area contributed by atoms with Gasteiger partial charge in [0, 0.05) is 17.6 Å². The minimum atomic E-state index is -4.49. The Labute approximate surface area is 184 Å². The van der Waals surface area contributed by atoms with E-state index < -0.39 is 22.9 Å². The lowest BCUT2D eigenvalue weighted by molar-refractivity contribution is -0.137. The summed E-state index contributed by atoms with van der Waals surface area (Å²) < 4.78 is 40.1. The molecule has 1 unspecified atom stereocenters. The number of thioether (sulfide) groups is 1. The number of aromatic nitrogens is 2. The second kappa shape index (κ2) is 8.31. The van der Waals surface area contributed by atoms with E-state index in [4.69, 9.17) is 0 Å². The minimum Gasteiger partial charge on any atom is -0.325 e. The molecular formula is C21H20F3N3O2S2. The van der Waals surface area contributed by atoms with Gasteiger partial charge in [-0.2, -0.15) is 13.2 Å². The van der Waals surface area contributed by atoms with Crippen molar-refractivity contribution >= 4 is 44.9 Å². The largest absolute Gasteiger partial charge is 0.416 e. The van der Waals surface area contributed by atoms with Crippen molar-refractivity contribution in [2.45, 2.75) is 49.2 Å². The Morgan fingerprint density at radius 3 is 2.77 bits per heavy atom. The third-order valence-corrected chi connectivity index (χ3v) is 7.59. The first-order chi connectivity index (χ1) is 14.6. The van der Waals surface area contributed by atoms with Gasteiger partial charge in [-0.3, -0.25) is 14.2 Å². The molecule has 0 spiro atoms. The molecule has 2 heterocycles. The lowest BCUT2D eigenvalue weighted by Crippen LogP contribution is -2.25. The standard InChI is InChI=1S/C21H20F3N3O2S2/c1-11(17(28)25-13-7-5-6-12(10-13)21(22,23)24)30-20-26-18-16(19(29)27(20)2)14-8-3-4-9-15(14)31-18/h5-7,10-11H,3-4,8-9H2,1-2H3,(H,25,28). The predicted octanol–water partition coefficient (Wildman–Crippen LogP) is 5.01. The van der Waals surface area contributed by atoms with E-state index in [2.05, 4.69) is 10.3 Å². The Morgan fingerprint density at radius 1 is 1.29 bits per heavy atom. The highest BCUT2D eigenvalue weighted by Crippen LogP contribution is 2.35. The molecule has 5 nitrogen and oxygen atoms in total. The summed E-state index contributed by atoms with van der Waals surface area (Å²) >= 11 is 2.64. The van der Waals surface area contributed by atoms with Crippen LogP contribution in [0.25, 0.3) is 10.2 Å². The van der Waals surface area contributed by atoms with Crippen molar-refractivity contribution in [3.05, 3.63) is 50.6 Å². The number of carbonyl (C=O) groups excluding carboxylic acids is 1. The van der Waals surface area contributed by atoms with Gasteiger partial charge in [0.25, 0.3) is 5.56 Å². The Balaban J connectivity index is 1.56. The second-order valence-electron chi connectivity index (χ2n) is 7.48. The molecule has 2 aromatic heterocycles. The molecule has 1 N–H and O–H groups in total. The van der Waals surface area contributed by atoms with Crippen LogP contribution in [0, 0.1) is 0 Å². The number of halogens is 3. The lowest BCUT2D eigenvalue weighted by atomic mass is 9.97. The maximum absolute atomic E-state index is 13.0. The van der Waals surface area contributed by atoms with Crippen molar-refractivity contribution in [1.29, 1.82) is 0 Å². The van der Waals surface area contributed by atoms with E-state index in [1.807, 2.05) is 0 Å². The molecule has 1 aliphatic rings. The molecule has 10 heteroatoms. The van der Waals surface area contributed by atoms with E-state index in [1.54, 1.807) is 14.0 Å². The second-order valence-corrected chi connectivity index (χ2v) is 9.87. The summed E-state index contributed by atoms with van der Waals surface area (Å²) in [7, 11) is 1.63. The van der Waals surface area contributed by atoms with E-state index >= 15 is 0 Å². The monoisotopic (exact) mass is 467 g/mol. The minimum absolute atomic E-state index is 0.0653. The van der Waals surface area contributed by atoms with Crippen molar-refractivity contribution in [2.24, 2.45) is 7.05 Å². The van der Waals surface area contributed by atoms with Crippen LogP contribution in [0.2, 0.25) is 0 Å². The molecular weight excluding hydrogens is 447 g/mol. The van der Waals surface area contributed by atoms with Gasteiger partial charge in [-0.05, 0) is 56.4 Å². The molecule has 31 heavy (non-hydrogen) atoms. The highest BCUT2D eigenvalue weighted by atomic mass is 32.2. The smallest absolute Gasteiger partial charge is 0.325 e. The van der Waals surface area contributed by atoms with E-state index in [0.29, 0.717) is 15.4 Å². The third kappa shape index (κ3) is 4.36. The molecule has 1 amide bonds. The number of thiophene rings is 1. The van der Waals surface area contributed by atoms with E-state index in [-0.39, 0.29) is 11.2 Å². The maximum Gasteiger partial charge on any atom is 0.416 e. The first-order valence-corrected chi connectivity index (χ1v) is 11.5. The molecule has 164 valence electrons. The van der Waals surface area contributed by atoms with Gasteiger partial charge in [-0.15, -0.1) is 11.3 Å². The first-order valence-electron chi connectivity index (χ1n) is 9.81. The van der Waals surface area contributed by atoms with Crippen LogP contribution in [0.3, 0.4) is 0 Å². The predicted molar refractivity (Wildman–Crippen MR) is 117 cm³/mol. The average Bonchev–Trinajstić information content (AvgIpc) is 3.09. The number of nitrogens with zero attached hydrogens (tertiary/aromatic N) is 2. The Morgan fingerprint density at radius 2 is 2.03 bits per heavy atom. The van der Waals surface area contributed by atoms with Gasteiger partial charge in [-0.1, -0.05) is 17.8 Å². The summed E-state index contributed by atoms with van der Waals surface area (Å²) in [4.78, 5) is 32.1. The molecule has 0 radical (unpaired) electrons. The van der Waals surface area contributed by atoms with Crippen molar-refractivity contribution in [3.8, 4) is 0 Å². The summed E-state index contributed by atoms with van der Waals surface area (Å²) in [5, 5.41) is 2.93. The van der Waals surface area contributed by atoms with Crippen LogP contribution in [0.15, 0.2) is 34.2 Å². The Kier molecular flexibility index (Phi) is 5.87. The number of hydrogen-bond acceptors (Lipinski definition) is 5. The summed E-state index contributed by atoms with van der Waals surface area (Å²) in [6, 6.07) is 4.49. The Hall–Kier alpha value is -2.33. The highest BCUT2D eigenvalue weighted by Gasteiger charge is 2.30. The fourth-order valence-corrected chi connectivity index (χ4v) is 5.78. The zero-order chi connectivity index (χ0) is 22.3. The van der Waals surface area contributed by atoms with Crippen LogP contribution in [0.5, 0.6) is 0 Å². The van der Waals surface area contributed by atoms with Crippen molar-refractivity contribution in [3.63, 3.8) is 0 Å². The molecule has 1 atom stereocenters. The zero-order valence-electron chi connectivity index (χ0n) is 16.9. The van der Waals surface area contributed by atoms with Crippen molar-refractivity contribution < 1.29 is 18.0 Å². The number of nitrogens with one attached hydrogen (secondary N) is 1. The number of anilines is 1. The van der Waals surface area contributed by atoms with E-state index in [0.717, 1.165) is 55.1 Å². The zero-order valence-corrected chi connectivity index (χ0v) is 18.5. The van der Waals surface area contributed by atoms with Gasteiger partial charge in [0.1, 0.15) is 4.83 Å². The van der Waals surface area contributed by atoms with Gasteiger partial charge in [0.05, 0.1) is 16.2 Å². The fraction of sp³-hybridized carbons (Fsp3) is 0.381. The number of benzene rings is 1. The molecule has 1 aromatic carbocycles. The van der Waals surface area contributed by atoms with Crippen LogP contribution >= 0.6 is 23.1 Å². The van der Waals surface area contributed by atoms with Crippen molar-refractivity contribution in [1.82, 2.24) is 9.55 Å². The summed E-state index contributed by atoms with van der Waals surface area (Å²) in [5.74, 6) is -0.468. The van der Waals surface area contributed by atoms with Gasteiger partial charge in [-0.25, -0.2) is 4.98 Å². The van der Waals surface area contributed by atoms with Crippen LogP contribution in [-0.2, 0) is 30.9 Å². The first kappa shape index (κ1) is 21.9. The molecule has 0 saturated carbocycles. The summed E-state index contributed by atoms with van der Waals surface area (Å²) in [5.41, 5.74) is 0.209. The topological polar surface area (TPSA) is 64.0 Å². The number of alkyl halides is 3. The maximum atomic E-state index is 13.0. The summed E-state index contributed by atoms with van der Waals surface area (Å²) in [6.07, 6.45) is -0.482. The van der Waals surface area contributed by atoms with Gasteiger partial charge in [0.2, 0.25) is 5.91 Å². The molecule has 3 aromatic rings. The van der Waals surface area contributed by atoms with E-state index in [9.17, 15) is 22.8 Å². The third-order valence-electron chi connectivity index (χ3n) is 5.26. The van der Waals surface area contributed by atoms with E-state index in [1.165, 1.54) is 32.9 Å². The lowest BCUT2D eigenvalue weighted by Gasteiger charge is -2.15. The Bertz CT molecular complexity index is 1220. The number of rotatable bonds is 4. The molecule has 0 saturated heterocycles. The molecule has 1 aliphatic carbocycles. The SMILES string of the molecule is CC(Sc1nc2sc3c(c2c(=O)n1C)CCCC3)C(=O)Nc1cccc(C(F)(F)F)c1. The highest BCUT2D eigenvalue weighted by molar-refractivity contribution is 8.00. The number of aryl methyl sites for hydroxylation is 2. The number of carbonyl (C=O) groups is 1. The van der Waals surface area contributed by atoms with Crippen LogP contribution in [0.4, 0.5) is 18.9 Å². The normalized spacial score (nSPS) is 15.0. The summed E-state index contributed by atoms with van der Waals surface area (Å²) in [6.45, 7) is 1.63. The molecule has 4 rings (SSSR count). The molecule has 0 bridgehead atoms. The van der Waals surface area contributed by atoms with Gasteiger partial charge < -0.3 is 5.32 Å². The molecule has 0 fully saturated rings. The van der Waals surface area contributed by atoms with Crippen LogP contribution in [0.1, 0.15) is 35.8 Å². The number of hydrogen-bond donors (Lipinski definition) is 1. The van der Waals surface area contributed by atoms with Crippen LogP contribution < -0.4 is 10.9 Å². The quantitative estimate of drug-likeness (QED) is 0.433. The fourth-order valence-electron chi connectivity index (χ4n) is 3.60. The van der Waals surface area contributed by atoms with Crippen LogP contribution in [-0.4, -0.2) is 20.7 Å². The van der Waals surface area contributed by atoms with Gasteiger partial charge >= 0.3 is 6.18 Å². The molecule has 0 aliphatic heterocycles.